The zero-order chi connectivity index (χ0) is 13.4. The summed E-state index contributed by atoms with van der Waals surface area (Å²) in [4.78, 5) is 11.7. The van der Waals surface area contributed by atoms with Gasteiger partial charge >= 0.3 is 0 Å². The molecule has 0 aliphatic heterocycles. The molecule has 0 fully saturated rings. The standard InChI is InChI=1S/C14H22N2O2/c1-11(16-14(17)13(10-15)18-2)8-9-12-6-4-3-5-7-12/h3-7,11,13H,8-10,15H2,1-2H3,(H,16,17). The van der Waals surface area contributed by atoms with Gasteiger partial charge in [0.15, 0.2) is 0 Å². The van der Waals surface area contributed by atoms with Gasteiger partial charge in [0.05, 0.1) is 0 Å². The number of benzene rings is 1. The van der Waals surface area contributed by atoms with Gasteiger partial charge in [-0.2, -0.15) is 0 Å². The van der Waals surface area contributed by atoms with Crippen LogP contribution in [0.25, 0.3) is 0 Å². The van der Waals surface area contributed by atoms with Gasteiger partial charge in [0.1, 0.15) is 6.10 Å². The van der Waals surface area contributed by atoms with Crippen LogP contribution in [0.1, 0.15) is 18.9 Å². The number of nitrogens with two attached hydrogens (primary N) is 1. The van der Waals surface area contributed by atoms with Crippen molar-refractivity contribution in [3.63, 3.8) is 0 Å². The summed E-state index contributed by atoms with van der Waals surface area (Å²) in [5.74, 6) is -0.138. The molecule has 0 aliphatic carbocycles. The maximum absolute atomic E-state index is 11.7. The number of ether oxygens (including phenoxy) is 1. The molecule has 4 heteroatoms. The first-order valence-corrected chi connectivity index (χ1v) is 6.24. The molecular weight excluding hydrogens is 228 g/mol. The summed E-state index contributed by atoms with van der Waals surface area (Å²) in [6.45, 7) is 2.19. The van der Waals surface area contributed by atoms with Gasteiger partial charge in [0.2, 0.25) is 0 Å². The van der Waals surface area contributed by atoms with E-state index in [4.69, 9.17) is 10.5 Å². The Bertz CT molecular complexity index is 350. The third kappa shape index (κ3) is 4.85. The van der Waals surface area contributed by atoms with Crippen molar-refractivity contribution in [2.75, 3.05) is 13.7 Å². The largest absolute Gasteiger partial charge is 0.370 e. The first kappa shape index (κ1) is 14.7. The molecular formula is C14H22N2O2. The lowest BCUT2D eigenvalue weighted by molar-refractivity contribution is -0.131. The normalized spacial score (nSPS) is 13.9. The summed E-state index contributed by atoms with van der Waals surface area (Å²) in [7, 11) is 1.49. The topological polar surface area (TPSA) is 64.3 Å². The summed E-state index contributed by atoms with van der Waals surface area (Å²) in [5, 5.41) is 2.91. The molecule has 2 unspecified atom stereocenters. The number of hydrogen-bond acceptors (Lipinski definition) is 3. The van der Waals surface area contributed by atoms with Crippen molar-refractivity contribution >= 4 is 5.91 Å². The number of aryl methyl sites for hydroxylation is 1. The van der Waals surface area contributed by atoms with Gasteiger partial charge in [-0.15, -0.1) is 0 Å². The maximum Gasteiger partial charge on any atom is 0.250 e. The van der Waals surface area contributed by atoms with E-state index < -0.39 is 6.10 Å². The Kier molecular flexibility index (Phi) is 6.39. The van der Waals surface area contributed by atoms with Gasteiger partial charge in [0.25, 0.3) is 5.91 Å². The lowest BCUT2D eigenvalue weighted by Gasteiger charge is -2.18. The Morgan fingerprint density at radius 3 is 2.61 bits per heavy atom. The SMILES string of the molecule is COC(CN)C(=O)NC(C)CCc1ccccc1. The van der Waals surface area contributed by atoms with Crippen LogP contribution in [0.5, 0.6) is 0 Å². The summed E-state index contributed by atoms with van der Waals surface area (Å²) < 4.78 is 4.99. The molecule has 1 amide bonds. The fourth-order valence-corrected chi connectivity index (χ4v) is 1.75. The first-order valence-electron chi connectivity index (χ1n) is 6.24. The van der Waals surface area contributed by atoms with Crippen LogP contribution >= 0.6 is 0 Å². The highest BCUT2D eigenvalue weighted by atomic mass is 16.5. The Balaban J connectivity index is 2.33. The lowest BCUT2D eigenvalue weighted by atomic mass is 10.1. The number of rotatable bonds is 7. The highest BCUT2D eigenvalue weighted by molar-refractivity contribution is 5.81. The molecule has 1 aromatic carbocycles. The van der Waals surface area contributed by atoms with Crippen LogP contribution in [0.3, 0.4) is 0 Å². The second-order valence-electron chi connectivity index (χ2n) is 4.39. The van der Waals surface area contributed by atoms with Crippen molar-refractivity contribution in [1.82, 2.24) is 5.32 Å². The van der Waals surface area contributed by atoms with E-state index in [1.165, 1.54) is 12.7 Å². The number of carbonyl (C=O) groups excluding carboxylic acids is 1. The van der Waals surface area contributed by atoms with E-state index >= 15 is 0 Å². The molecule has 0 heterocycles. The molecule has 3 N–H and O–H groups in total. The lowest BCUT2D eigenvalue weighted by Crippen LogP contribution is -2.44. The fourth-order valence-electron chi connectivity index (χ4n) is 1.75. The van der Waals surface area contributed by atoms with Crippen molar-refractivity contribution in [1.29, 1.82) is 0 Å². The smallest absolute Gasteiger partial charge is 0.250 e. The molecule has 2 atom stereocenters. The van der Waals surface area contributed by atoms with E-state index in [0.29, 0.717) is 0 Å². The van der Waals surface area contributed by atoms with Crippen molar-refractivity contribution in [2.24, 2.45) is 5.73 Å². The second kappa shape index (κ2) is 7.84. The van der Waals surface area contributed by atoms with E-state index in [2.05, 4.69) is 17.4 Å². The Labute approximate surface area is 109 Å². The minimum atomic E-state index is -0.552. The highest BCUT2D eigenvalue weighted by Crippen LogP contribution is 2.05. The van der Waals surface area contributed by atoms with Crippen LogP contribution in [-0.2, 0) is 16.0 Å². The number of nitrogens with one attached hydrogen (secondary N) is 1. The third-order valence-electron chi connectivity index (χ3n) is 2.89. The predicted molar refractivity (Wildman–Crippen MR) is 72.2 cm³/mol. The Morgan fingerprint density at radius 2 is 2.06 bits per heavy atom. The van der Waals surface area contributed by atoms with Gasteiger partial charge in [-0.1, -0.05) is 30.3 Å². The molecule has 0 spiro atoms. The zero-order valence-corrected chi connectivity index (χ0v) is 11.1. The molecule has 0 bridgehead atoms. The Morgan fingerprint density at radius 1 is 1.39 bits per heavy atom. The van der Waals surface area contributed by atoms with Crippen LogP contribution < -0.4 is 11.1 Å². The molecule has 0 aromatic heterocycles. The van der Waals surface area contributed by atoms with Crippen molar-refractivity contribution < 1.29 is 9.53 Å². The van der Waals surface area contributed by atoms with Crippen molar-refractivity contribution in [3.8, 4) is 0 Å². The van der Waals surface area contributed by atoms with Crippen LogP contribution in [0, 0.1) is 0 Å². The zero-order valence-electron chi connectivity index (χ0n) is 11.1. The average Bonchev–Trinajstić information content (AvgIpc) is 2.39. The highest BCUT2D eigenvalue weighted by Gasteiger charge is 2.17. The van der Waals surface area contributed by atoms with Crippen LogP contribution in [0.15, 0.2) is 30.3 Å². The van der Waals surface area contributed by atoms with E-state index in [-0.39, 0.29) is 18.5 Å². The quantitative estimate of drug-likeness (QED) is 0.761. The third-order valence-corrected chi connectivity index (χ3v) is 2.89. The number of hydrogen-bond donors (Lipinski definition) is 2. The molecule has 1 rings (SSSR count). The Hall–Kier alpha value is -1.39. The minimum absolute atomic E-state index is 0.113. The average molecular weight is 250 g/mol. The summed E-state index contributed by atoms with van der Waals surface area (Å²) in [6.07, 6.45) is 1.29. The molecule has 1 aromatic rings. The van der Waals surface area contributed by atoms with Gasteiger partial charge in [-0.3, -0.25) is 4.79 Å². The monoisotopic (exact) mass is 250 g/mol. The summed E-state index contributed by atoms with van der Waals surface area (Å²) >= 11 is 0. The summed E-state index contributed by atoms with van der Waals surface area (Å²) in [5.41, 5.74) is 6.72. The van der Waals surface area contributed by atoms with Gasteiger partial charge in [-0.05, 0) is 25.3 Å². The molecule has 100 valence electrons. The van der Waals surface area contributed by atoms with Crippen molar-refractivity contribution in [3.05, 3.63) is 35.9 Å². The minimum Gasteiger partial charge on any atom is -0.370 e. The molecule has 18 heavy (non-hydrogen) atoms. The van der Waals surface area contributed by atoms with Gasteiger partial charge in [0, 0.05) is 19.7 Å². The molecule has 0 aliphatic rings. The van der Waals surface area contributed by atoms with Crippen LogP contribution in [0.4, 0.5) is 0 Å². The second-order valence-corrected chi connectivity index (χ2v) is 4.39. The predicted octanol–water partition coefficient (Wildman–Crippen LogP) is 1.10. The van der Waals surface area contributed by atoms with E-state index in [9.17, 15) is 4.79 Å². The van der Waals surface area contributed by atoms with Crippen LogP contribution in [-0.4, -0.2) is 31.7 Å². The number of carbonyl (C=O) groups is 1. The van der Waals surface area contributed by atoms with Crippen LogP contribution in [0.2, 0.25) is 0 Å². The number of methoxy groups -OCH3 is 1. The summed E-state index contributed by atoms with van der Waals surface area (Å²) in [6, 6.07) is 10.3. The molecule has 0 saturated carbocycles. The van der Waals surface area contributed by atoms with Crippen molar-refractivity contribution in [2.45, 2.75) is 31.9 Å². The van der Waals surface area contributed by atoms with Gasteiger partial charge in [-0.25, -0.2) is 0 Å². The fraction of sp³-hybridized carbons (Fsp3) is 0.500. The molecule has 0 radical (unpaired) electrons. The van der Waals surface area contributed by atoms with Gasteiger partial charge < -0.3 is 15.8 Å². The van der Waals surface area contributed by atoms with E-state index in [0.717, 1.165) is 12.8 Å². The molecule has 4 nitrogen and oxygen atoms in total. The maximum atomic E-state index is 11.7. The molecule has 0 saturated heterocycles. The van der Waals surface area contributed by atoms with E-state index in [1.807, 2.05) is 25.1 Å². The first-order chi connectivity index (χ1) is 8.67. The number of amides is 1. The van der Waals surface area contributed by atoms with E-state index in [1.54, 1.807) is 0 Å².